The first-order valence-corrected chi connectivity index (χ1v) is 8.27. The van der Waals surface area contributed by atoms with E-state index >= 15 is 0 Å². The van der Waals surface area contributed by atoms with Crippen molar-refractivity contribution in [2.75, 3.05) is 32.8 Å². The number of nitrogens with one attached hydrogen (secondary N) is 1. The quantitative estimate of drug-likeness (QED) is 0.918. The van der Waals surface area contributed by atoms with Crippen LogP contribution in [0.15, 0.2) is 48.5 Å². The molecule has 0 spiro atoms. The van der Waals surface area contributed by atoms with Gasteiger partial charge in [-0.15, -0.1) is 0 Å². The number of hydrogen-bond donors (Lipinski definition) is 1. The van der Waals surface area contributed by atoms with Gasteiger partial charge in [-0.2, -0.15) is 0 Å². The summed E-state index contributed by atoms with van der Waals surface area (Å²) in [5.74, 6) is 1.95. The van der Waals surface area contributed by atoms with Crippen molar-refractivity contribution in [1.82, 2.24) is 10.2 Å². The van der Waals surface area contributed by atoms with Gasteiger partial charge >= 0.3 is 0 Å². The standard InChI is InChI=1S/C19H22N2O3/c1-2-23-18-9-8-16(24-15-6-4-3-5-7-15)14-17(18)19(22)21-12-10-20-11-13-21/h3-9,14,20H,2,10-13H2,1H3. The Hall–Kier alpha value is -2.53. The average molecular weight is 326 g/mol. The normalized spacial score (nSPS) is 14.3. The highest BCUT2D eigenvalue weighted by atomic mass is 16.5. The summed E-state index contributed by atoms with van der Waals surface area (Å²) in [4.78, 5) is 14.7. The maximum Gasteiger partial charge on any atom is 0.257 e. The predicted octanol–water partition coefficient (Wildman–Crippen LogP) is 2.92. The monoisotopic (exact) mass is 326 g/mol. The number of carbonyl (C=O) groups is 1. The van der Waals surface area contributed by atoms with E-state index < -0.39 is 0 Å². The molecule has 1 aliphatic rings. The van der Waals surface area contributed by atoms with Crippen molar-refractivity contribution >= 4 is 5.91 Å². The summed E-state index contributed by atoms with van der Waals surface area (Å²) in [6.45, 7) is 5.46. The van der Waals surface area contributed by atoms with Crippen molar-refractivity contribution in [2.24, 2.45) is 0 Å². The van der Waals surface area contributed by atoms with Crippen LogP contribution in [-0.2, 0) is 0 Å². The summed E-state index contributed by atoms with van der Waals surface area (Å²) >= 11 is 0. The Kier molecular flexibility index (Phi) is 5.33. The molecule has 1 fully saturated rings. The number of rotatable bonds is 5. The molecule has 5 nitrogen and oxygen atoms in total. The molecule has 0 radical (unpaired) electrons. The minimum absolute atomic E-state index is 0.0153. The summed E-state index contributed by atoms with van der Waals surface area (Å²) in [6, 6.07) is 14.9. The number of benzene rings is 2. The van der Waals surface area contributed by atoms with Gasteiger partial charge in [-0.3, -0.25) is 4.79 Å². The molecule has 5 heteroatoms. The maximum absolute atomic E-state index is 12.9. The SMILES string of the molecule is CCOc1ccc(Oc2ccccc2)cc1C(=O)N1CCNCC1. The lowest BCUT2D eigenvalue weighted by Crippen LogP contribution is -2.46. The first kappa shape index (κ1) is 16.3. The molecule has 3 rings (SSSR count). The Balaban J connectivity index is 1.86. The molecular formula is C19H22N2O3. The van der Waals surface area contributed by atoms with Crippen LogP contribution in [0.1, 0.15) is 17.3 Å². The lowest BCUT2D eigenvalue weighted by Gasteiger charge is -2.28. The molecule has 0 aromatic heterocycles. The van der Waals surface area contributed by atoms with Crippen molar-refractivity contribution in [2.45, 2.75) is 6.92 Å². The van der Waals surface area contributed by atoms with E-state index in [0.717, 1.165) is 18.8 Å². The Morgan fingerprint density at radius 2 is 1.83 bits per heavy atom. The van der Waals surface area contributed by atoms with E-state index in [1.165, 1.54) is 0 Å². The van der Waals surface area contributed by atoms with Crippen molar-refractivity contribution < 1.29 is 14.3 Å². The first-order valence-electron chi connectivity index (χ1n) is 8.27. The van der Waals surface area contributed by atoms with E-state index in [4.69, 9.17) is 9.47 Å². The Labute approximate surface area is 142 Å². The average Bonchev–Trinajstić information content (AvgIpc) is 2.64. The number of hydrogen-bond acceptors (Lipinski definition) is 4. The Morgan fingerprint density at radius 1 is 1.08 bits per heavy atom. The topological polar surface area (TPSA) is 50.8 Å². The van der Waals surface area contributed by atoms with E-state index in [0.29, 0.717) is 36.8 Å². The molecule has 126 valence electrons. The molecule has 0 aliphatic carbocycles. The lowest BCUT2D eigenvalue weighted by atomic mass is 10.1. The highest BCUT2D eigenvalue weighted by Gasteiger charge is 2.22. The molecule has 1 aliphatic heterocycles. The summed E-state index contributed by atoms with van der Waals surface area (Å²) in [5.41, 5.74) is 0.548. The van der Waals surface area contributed by atoms with Crippen LogP contribution in [0, 0.1) is 0 Å². The fourth-order valence-electron chi connectivity index (χ4n) is 2.68. The van der Waals surface area contributed by atoms with Crippen LogP contribution in [0.3, 0.4) is 0 Å². The van der Waals surface area contributed by atoms with Crippen LogP contribution in [-0.4, -0.2) is 43.6 Å². The molecular weight excluding hydrogens is 304 g/mol. The molecule has 0 unspecified atom stereocenters. The fraction of sp³-hybridized carbons (Fsp3) is 0.316. The largest absolute Gasteiger partial charge is 0.493 e. The van der Waals surface area contributed by atoms with E-state index in [9.17, 15) is 4.79 Å². The number of para-hydroxylation sites is 1. The fourth-order valence-corrected chi connectivity index (χ4v) is 2.68. The number of nitrogens with zero attached hydrogens (tertiary/aromatic N) is 1. The van der Waals surface area contributed by atoms with Crippen molar-refractivity contribution in [3.05, 3.63) is 54.1 Å². The smallest absolute Gasteiger partial charge is 0.257 e. The van der Waals surface area contributed by atoms with Crippen LogP contribution >= 0.6 is 0 Å². The zero-order valence-corrected chi connectivity index (χ0v) is 13.8. The van der Waals surface area contributed by atoms with Crippen LogP contribution in [0.4, 0.5) is 0 Å². The third-order valence-electron chi connectivity index (χ3n) is 3.86. The van der Waals surface area contributed by atoms with Gasteiger partial charge in [0.2, 0.25) is 0 Å². The lowest BCUT2D eigenvalue weighted by molar-refractivity contribution is 0.0731. The van der Waals surface area contributed by atoms with E-state index in [2.05, 4.69) is 5.32 Å². The van der Waals surface area contributed by atoms with Gasteiger partial charge in [-0.1, -0.05) is 18.2 Å². The van der Waals surface area contributed by atoms with E-state index in [1.54, 1.807) is 12.1 Å². The zero-order valence-electron chi connectivity index (χ0n) is 13.8. The van der Waals surface area contributed by atoms with Gasteiger partial charge in [0.15, 0.2) is 0 Å². The van der Waals surface area contributed by atoms with Crippen LogP contribution in [0.25, 0.3) is 0 Å². The molecule has 1 N–H and O–H groups in total. The highest BCUT2D eigenvalue weighted by molar-refractivity contribution is 5.97. The molecule has 2 aromatic carbocycles. The van der Waals surface area contributed by atoms with Crippen LogP contribution in [0.5, 0.6) is 17.2 Å². The number of amides is 1. The van der Waals surface area contributed by atoms with E-state index in [1.807, 2.05) is 48.2 Å². The maximum atomic E-state index is 12.9. The minimum Gasteiger partial charge on any atom is -0.493 e. The van der Waals surface area contributed by atoms with Crippen molar-refractivity contribution in [3.63, 3.8) is 0 Å². The molecule has 1 heterocycles. The Morgan fingerprint density at radius 3 is 2.54 bits per heavy atom. The van der Waals surface area contributed by atoms with Crippen molar-refractivity contribution in [3.8, 4) is 17.2 Å². The van der Waals surface area contributed by atoms with E-state index in [-0.39, 0.29) is 5.91 Å². The number of carbonyl (C=O) groups excluding carboxylic acids is 1. The van der Waals surface area contributed by atoms with Crippen molar-refractivity contribution in [1.29, 1.82) is 0 Å². The molecule has 24 heavy (non-hydrogen) atoms. The molecule has 0 atom stereocenters. The number of ether oxygens (including phenoxy) is 2. The van der Waals surface area contributed by atoms with Gasteiger partial charge in [0.1, 0.15) is 17.2 Å². The van der Waals surface area contributed by atoms with Gasteiger partial charge in [0.25, 0.3) is 5.91 Å². The second kappa shape index (κ2) is 7.84. The number of piperazine rings is 1. The highest BCUT2D eigenvalue weighted by Crippen LogP contribution is 2.29. The van der Waals surface area contributed by atoms with Crippen LogP contribution < -0.4 is 14.8 Å². The summed E-state index contributed by atoms with van der Waals surface area (Å²) in [5, 5.41) is 3.26. The van der Waals surface area contributed by atoms with Gasteiger partial charge in [0, 0.05) is 26.2 Å². The summed E-state index contributed by atoms with van der Waals surface area (Å²) in [6.07, 6.45) is 0. The van der Waals surface area contributed by atoms with Gasteiger partial charge in [0.05, 0.1) is 12.2 Å². The second-order valence-corrected chi connectivity index (χ2v) is 5.55. The second-order valence-electron chi connectivity index (χ2n) is 5.55. The zero-order chi connectivity index (χ0) is 16.8. The third-order valence-corrected chi connectivity index (χ3v) is 3.86. The van der Waals surface area contributed by atoms with Crippen LogP contribution in [0.2, 0.25) is 0 Å². The van der Waals surface area contributed by atoms with Gasteiger partial charge in [-0.05, 0) is 37.3 Å². The first-order chi connectivity index (χ1) is 11.8. The summed E-state index contributed by atoms with van der Waals surface area (Å²) < 4.78 is 11.5. The Bertz CT molecular complexity index is 682. The third kappa shape index (κ3) is 3.86. The predicted molar refractivity (Wildman–Crippen MR) is 92.9 cm³/mol. The van der Waals surface area contributed by atoms with Gasteiger partial charge < -0.3 is 19.7 Å². The van der Waals surface area contributed by atoms with Gasteiger partial charge in [-0.25, -0.2) is 0 Å². The minimum atomic E-state index is -0.0153. The molecule has 0 bridgehead atoms. The molecule has 2 aromatic rings. The molecule has 0 saturated carbocycles. The molecule has 1 saturated heterocycles. The molecule has 1 amide bonds. The summed E-state index contributed by atoms with van der Waals surface area (Å²) in [7, 11) is 0.